The van der Waals surface area contributed by atoms with Crippen molar-refractivity contribution in [1.82, 2.24) is 5.32 Å². The van der Waals surface area contributed by atoms with Crippen LogP contribution in [-0.2, 0) is 0 Å². The van der Waals surface area contributed by atoms with Gasteiger partial charge in [0.15, 0.2) is 0 Å². The van der Waals surface area contributed by atoms with Gasteiger partial charge in [0.25, 0.3) is 5.91 Å². The summed E-state index contributed by atoms with van der Waals surface area (Å²) < 4.78 is 0. The van der Waals surface area contributed by atoms with Gasteiger partial charge >= 0.3 is 5.97 Å². The van der Waals surface area contributed by atoms with Crippen LogP contribution >= 0.6 is 0 Å². The topological polar surface area (TPSA) is 66.4 Å². The molecule has 0 bridgehead atoms. The largest absolute Gasteiger partial charge is 0.478 e. The molecule has 0 heterocycles. The van der Waals surface area contributed by atoms with Crippen LogP contribution < -0.4 is 5.32 Å². The fourth-order valence-electron chi connectivity index (χ4n) is 2.88. The number of carbonyl (C=O) groups is 2. The molecule has 2 N–H and O–H groups in total. The molecule has 0 unspecified atom stereocenters. The third-order valence-electron chi connectivity index (χ3n) is 4.00. The van der Waals surface area contributed by atoms with Crippen molar-refractivity contribution in [3.05, 3.63) is 34.4 Å². The number of aryl methyl sites for hydroxylation is 2. The number of amides is 1. The number of benzene rings is 1. The lowest BCUT2D eigenvalue weighted by Crippen LogP contribution is -2.37. The van der Waals surface area contributed by atoms with E-state index in [1.807, 2.05) is 0 Å². The van der Waals surface area contributed by atoms with E-state index in [0.29, 0.717) is 16.7 Å². The number of aromatic carboxylic acids is 1. The van der Waals surface area contributed by atoms with E-state index < -0.39 is 5.97 Å². The van der Waals surface area contributed by atoms with Crippen LogP contribution in [0.3, 0.4) is 0 Å². The van der Waals surface area contributed by atoms with Gasteiger partial charge in [0, 0.05) is 6.04 Å². The van der Waals surface area contributed by atoms with Gasteiger partial charge < -0.3 is 10.4 Å². The molecule has 1 fully saturated rings. The predicted octanol–water partition coefficient (Wildman–Crippen LogP) is 3.06. The number of hydrogen-bond donors (Lipinski definition) is 2. The van der Waals surface area contributed by atoms with Crippen LogP contribution in [0.15, 0.2) is 12.1 Å². The number of carboxylic acids is 1. The zero-order valence-electron chi connectivity index (χ0n) is 12.0. The molecular formula is C16H21NO3. The molecule has 2 rings (SSSR count). The summed E-state index contributed by atoms with van der Waals surface area (Å²) in [5.74, 6) is -1.30. The molecule has 1 aromatic rings. The first kappa shape index (κ1) is 14.6. The van der Waals surface area contributed by atoms with Gasteiger partial charge in [0.2, 0.25) is 0 Å². The highest BCUT2D eigenvalue weighted by atomic mass is 16.4. The lowest BCUT2D eigenvalue weighted by molar-refractivity contribution is 0.0689. The first-order valence-electron chi connectivity index (χ1n) is 7.15. The molecule has 1 aliphatic rings. The highest BCUT2D eigenvalue weighted by Gasteiger charge is 2.23. The lowest BCUT2D eigenvalue weighted by atomic mass is 9.93. The molecule has 108 valence electrons. The van der Waals surface area contributed by atoms with Crippen LogP contribution in [0.4, 0.5) is 0 Å². The fraction of sp³-hybridized carbons (Fsp3) is 0.500. The minimum absolute atomic E-state index is 0.123. The van der Waals surface area contributed by atoms with E-state index in [1.165, 1.54) is 6.42 Å². The summed E-state index contributed by atoms with van der Waals surface area (Å²) in [6, 6.07) is 3.73. The average Bonchev–Trinajstić information content (AvgIpc) is 2.41. The third-order valence-corrected chi connectivity index (χ3v) is 4.00. The molecule has 1 amide bonds. The maximum atomic E-state index is 12.4. The van der Waals surface area contributed by atoms with Gasteiger partial charge in [0.1, 0.15) is 0 Å². The van der Waals surface area contributed by atoms with Crippen molar-refractivity contribution in [2.45, 2.75) is 52.0 Å². The molecule has 0 aliphatic heterocycles. The Bertz CT molecular complexity index is 531. The summed E-state index contributed by atoms with van der Waals surface area (Å²) in [7, 11) is 0. The van der Waals surface area contributed by atoms with E-state index in [1.54, 1.807) is 26.0 Å². The van der Waals surface area contributed by atoms with Gasteiger partial charge in [-0.05, 0) is 37.8 Å². The monoisotopic (exact) mass is 275 g/mol. The predicted molar refractivity (Wildman–Crippen MR) is 77.2 cm³/mol. The Morgan fingerprint density at radius 1 is 1.05 bits per heavy atom. The standard InChI is InChI=1S/C16H21NO3/c1-10-8-9-11(2)14(16(19)20)13(10)15(18)17-12-6-4-3-5-7-12/h8-9,12H,3-7H2,1-2H3,(H,17,18)(H,19,20). The zero-order valence-corrected chi connectivity index (χ0v) is 12.0. The summed E-state index contributed by atoms with van der Waals surface area (Å²) in [4.78, 5) is 23.8. The van der Waals surface area contributed by atoms with E-state index >= 15 is 0 Å². The van der Waals surface area contributed by atoms with Crippen molar-refractivity contribution in [2.24, 2.45) is 0 Å². The van der Waals surface area contributed by atoms with Crippen molar-refractivity contribution in [2.75, 3.05) is 0 Å². The number of carboxylic acid groups (broad SMARTS) is 1. The third kappa shape index (κ3) is 3.00. The van der Waals surface area contributed by atoms with Crippen molar-refractivity contribution in [3.8, 4) is 0 Å². The van der Waals surface area contributed by atoms with E-state index in [2.05, 4.69) is 5.32 Å². The Morgan fingerprint density at radius 2 is 1.60 bits per heavy atom. The first-order valence-corrected chi connectivity index (χ1v) is 7.15. The molecule has 1 aliphatic carbocycles. The highest BCUT2D eigenvalue weighted by molar-refractivity contribution is 6.06. The number of hydrogen-bond acceptors (Lipinski definition) is 2. The van der Waals surface area contributed by atoms with Gasteiger partial charge in [-0.2, -0.15) is 0 Å². The van der Waals surface area contributed by atoms with Crippen LogP contribution in [0, 0.1) is 13.8 Å². The Labute approximate surface area is 119 Å². The van der Waals surface area contributed by atoms with Crippen LogP contribution in [0.1, 0.15) is 63.9 Å². The second-order valence-electron chi connectivity index (χ2n) is 5.56. The molecule has 4 nitrogen and oxygen atoms in total. The van der Waals surface area contributed by atoms with Crippen LogP contribution in [0.5, 0.6) is 0 Å². The smallest absolute Gasteiger partial charge is 0.336 e. The van der Waals surface area contributed by atoms with Gasteiger partial charge in [0.05, 0.1) is 11.1 Å². The summed E-state index contributed by atoms with van der Waals surface area (Å²) in [5, 5.41) is 12.3. The molecule has 0 radical (unpaired) electrons. The van der Waals surface area contributed by atoms with Gasteiger partial charge in [-0.15, -0.1) is 0 Å². The van der Waals surface area contributed by atoms with E-state index in [-0.39, 0.29) is 17.5 Å². The summed E-state index contributed by atoms with van der Waals surface area (Å²) in [5.41, 5.74) is 1.76. The normalized spacial score (nSPS) is 15.9. The molecule has 20 heavy (non-hydrogen) atoms. The van der Waals surface area contributed by atoms with Gasteiger partial charge in [-0.25, -0.2) is 4.79 Å². The molecule has 0 saturated heterocycles. The molecule has 0 spiro atoms. The molecule has 1 aromatic carbocycles. The van der Waals surface area contributed by atoms with Crippen LogP contribution in [0.2, 0.25) is 0 Å². The van der Waals surface area contributed by atoms with Gasteiger partial charge in [-0.3, -0.25) is 4.79 Å². The average molecular weight is 275 g/mol. The number of carbonyl (C=O) groups excluding carboxylic acids is 1. The Hall–Kier alpha value is -1.84. The maximum absolute atomic E-state index is 12.4. The molecule has 0 atom stereocenters. The second-order valence-corrected chi connectivity index (χ2v) is 5.56. The number of rotatable bonds is 3. The quantitative estimate of drug-likeness (QED) is 0.891. The Balaban J connectivity index is 2.28. The minimum Gasteiger partial charge on any atom is -0.478 e. The number of nitrogens with one attached hydrogen (secondary N) is 1. The molecule has 0 aromatic heterocycles. The summed E-state index contributed by atoms with van der Waals surface area (Å²) in [6.07, 6.45) is 5.45. The molecule has 1 saturated carbocycles. The first-order chi connectivity index (χ1) is 9.50. The highest BCUT2D eigenvalue weighted by Crippen LogP contribution is 2.21. The van der Waals surface area contributed by atoms with E-state index in [4.69, 9.17) is 0 Å². The van der Waals surface area contributed by atoms with Crippen LogP contribution in [-0.4, -0.2) is 23.0 Å². The Kier molecular flexibility index (Phi) is 4.42. The second kappa shape index (κ2) is 6.07. The van der Waals surface area contributed by atoms with E-state index in [0.717, 1.165) is 25.7 Å². The SMILES string of the molecule is Cc1ccc(C)c(C(=O)NC2CCCCC2)c1C(=O)O. The van der Waals surface area contributed by atoms with Crippen LogP contribution in [0.25, 0.3) is 0 Å². The minimum atomic E-state index is -1.04. The lowest BCUT2D eigenvalue weighted by Gasteiger charge is -2.23. The fourth-order valence-corrected chi connectivity index (χ4v) is 2.88. The van der Waals surface area contributed by atoms with Crippen molar-refractivity contribution >= 4 is 11.9 Å². The maximum Gasteiger partial charge on any atom is 0.336 e. The summed E-state index contributed by atoms with van der Waals surface area (Å²) >= 11 is 0. The van der Waals surface area contributed by atoms with E-state index in [9.17, 15) is 14.7 Å². The Morgan fingerprint density at radius 3 is 2.15 bits per heavy atom. The zero-order chi connectivity index (χ0) is 14.7. The van der Waals surface area contributed by atoms with Crippen molar-refractivity contribution < 1.29 is 14.7 Å². The summed E-state index contributed by atoms with van der Waals surface area (Å²) in [6.45, 7) is 3.50. The van der Waals surface area contributed by atoms with Crippen molar-refractivity contribution in [3.63, 3.8) is 0 Å². The van der Waals surface area contributed by atoms with Crippen molar-refractivity contribution in [1.29, 1.82) is 0 Å². The van der Waals surface area contributed by atoms with Gasteiger partial charge in [-0.1, -0.05) is 31.4 Å². The molecule has 4 heteroatoms. The molecular weight excluding hydrogens is 254 g/mol.